The van der Waals surface area contributed by atoms with Crippen LogP contribution in [-0.4, -0.2) is 36.6 Å². The molecule has 1 aliphatic rings. The Balaban J connectivity index is 2.16. The number of Topliss-reactive ketones (excluding diaryl/α,β-unsaturated/α-hetero) is 1. The predicted octanol–water partition coefficient (Wildman–Crippen LogP) is 0.561. The van der Waals surface area contributed by atoms with Crippen LogP contribution in [-0.2, 0) is 4.74 Å². The summed E-state index contributed by atoms with van der Waals surface area (Å²) in [6, 6.07) is 1.62. The largest absolute Gasteiger partial charge is 0.378 e. The number of ether oxygens (including phenoxy) is 1. The number of morpholine rings is 1. The molecule has 1 N–H and O–H groups in total. The fraction of sp³-hybridized carbons (Fsp3) is 0.455. The molecule has 1 atom stereocenters. The molecule has 0 radical (unpaired) electrons. The van der Waals surface area contributed by atoms with Gasteiger partial charge in [0.1, 0.15) is 0 Å². The second-order valence-corrected chi connectivity index (χ2v) is 3.64. The quantitative estimate of drug-likeness (QED) is 0.718. The van der Waals surface area contributed by atoms with Crippen molar-refractivity contribution < 1.29 is 9.53 Å². The first-order valence-electron chi connectivity index (χ1n) is 5.05. The molecule has 2 rings (SSSR count). The van der Waals surface area contributed by atoms with Crippen molar-refractivity contribution in [2.24, 2.45) is 0 Å². The first kappa shape index (κ1) is 10.3. The maximum absolute atomic E-state index is 12.0. The first-order chi connectivity index (χ1) is 7.29. The molecule has 1 saturated heterocycles. The van der Waals surface area contributed by atoms with Crippen molar-refractivity contribution in [3.05, 3.63) is 29.6 Å². The van der Waals surface area contributed by atoms with E-state index < -0.39 is 0 Å². The number of carbonyl (C=O) groups excluding carboxylic acids is 1. The number of hydrogen-bond acceptors (Lipinski definition) is 4. The summed E-state index contributed by atoms with van der Waals surface area (Å²) >= 11 is 0. The Morgan fingerprint density at radius 1 is 1.67 bits per heavy atom. The van der Waals surface area contributed by atoms with E-state index in [0.29, 0.717) is 18.8 Å². The first-order valence-corrected chi connectivity index (χ1v) is 5.05. The highest BCUT2D eigenvalue weighted by atomic mass is 16.5. The van der Waals surface area contributed by atoms with Gasteiger partial charge in [-0.1, -0.05) is 0 Å². The Kier molecular flexibility index (Phi) is 3.08. The number of pyridine rings is 1. The molecule has 0 spiro atoms. The normalized spacial score (nSPS) is 21.3. The molecule has 2 heterocycles. The van der Waals surface area contributed by atoms with Crippen LogP contribution < -0.4 is 5.32 Å². The summed E-state index contributed by atoms with van der Waals surface area (Å²) in [4.78, 5) is 16.0. The molecule has 1 fully saturated rings. The van der Waals surface area contributed by atoms with Crippen LogP contribution in [0.3, 0.4) is 0 Å². The summed E-state index contributed by atoms with van der Waals surface area (Å²) in [7, 11) is 0. The number of ketones is 1. The highest BCUT2D eigenvalue weighted by molar-refractivity contribution is 6.01. The lowest BCUT2D eigenvalue weighted by Gasteiger charge is -2.22. The minimum atomic E-state index is -0.221. The van der Waals surface area contributed by atoms with Crippen LogP contribution in [0.1, 0.15) is 15.9 Å². The summed E-state index contributed by atoms with van der Waals surface area (Å²) in [5.74, 6) is 0.0697. The van der Waals surface area contributed by atoms with Gasteiger partial charge in [-0.25, -0.2) is 0 Å². The Morgan fingerprint density at radius 2 is 2.53 bits per heavy atom. The zero-order valence-corrected chi connectivity index (χ0v) is 8.69. The van der Waals surface area contributed by atoms with Crippen LogP contribution in [0.4, 0.5) is 0 Å². The van der Waals surface area contributed by atoms with Gasteiger partial charge in [-0.3, -0.25) is 9.78 Å². The van der Waals surface area contributed by atoms with Crippen molar-refractivity contribution in [1.82, 2.24) is 10.3 Å². The van der Waals surface area contributed by atoms with E-state index in [1.807, 2.05) is 13.0 Å². The van der Waals surface area contributed by atoms with Gasteiger partial charge in [-0.15, -0.1) is 0 Å². The zero-order valence-electron chi connectivity index (χ0n) is 8.69. The van der Waals surface area contributed by atoms with E-state index in [4.69, 9.17) is 4.74 Å². The molecule has 80 valence electrons. The number of nitrogens with one attached hydrogen (secondary N) is 1. The SMILES string of the molecule is Cc1ccncc1C(=O)C1COCCN1. The average Bonchev–Trinajstić information content (AvgIpc) is 2.30. The van der Waals surface area contributed by atoms with Gasteiger partial charge in [-0.2, -0.15) is 0 Å². The van der Waals surface area contributed by atoms with Crippen LogP contribution in [0.15, 0.2) is 18.5 Å². The summed E-state index contributed by atoms with van der Waals surface area (Å²) in [5, 5.41) is 3.14. The van der Waals surface area contributed by atoms with Crippen molar-refractivity contribution in [2.75, 3.05) is 19.8 Å². The van der Waals surface area contributed by atoms with E-state index in [1.54, 1.807) is 12.4 Å². The lowest BCUT2D eigenvalue weighted by Crippen LogP contribution is -2.46. The third kappa shape index (κ3) is 2.22. The zero-order chi connectivity index (χ0) is 10.7. The van der Waals surface area contributed by atoms with Gasteiger partial charge in [-0.05, 0) is 18.6 Å². The monoisotopic (exact) mass is 206 g/mol. The molecule has 0 amide bonds. The third-order valence-electron chi connectivity index (χ3n) is 2.54. The molecule has 1 aromatic rings. The van der Waals surface area contributed by atoms with Gasteiger partial charge in [0, 0.05) is 24.5 Å². The van der Waals surface area contributed by atoms with Crippen molar-refractivity contribution >= 4 is 5.78 Å². The average molecular weight is 206 g/mol. The van der Waals surface area contributed by atoms with E-state index in [1.165, 1.54) is 0 Å². The van der Waals surface area contributed by atoms with Gasteiger partial charge in [0.15, 0.2) is 5.78 Å². The summed E-state index contributed by atoms with van der Waals surface area (Å²) < 4.78 is 5.26. The number of carbonyl (C=O) groups is 1. The Morgan fingerprint density at radius 3 is 3.20 bits per heavy atom. The minimum Gasteiger partial charge on any atom is -0.378 e. The molecule has 1 unspecified atom stereocenters. The topological polar surface area (TPSA) is 51.2 Å². The van der Waals surface area contributed by atoms with Crippen LogP contribution >= 0.6 is 0 Å². The Labute approximate surface area is 88.7 Å². The molecule has 1 aliphatic heterocycles. The maximum Gasteiger partial charge on any atom is 0.183 e. The number of aromatic nitrogens is 1. The molecular formula is C11H14N2O2. The lowest BCUT2D eigenvalue weighted by molar-refractivity contribution is 0.0607. The number of aryl methyl sites for hydroxylation is 1. The fourth-order valence-electron chi connectivity index (χ4n) is 1.64. The Bertz CT molecular complexity index is 359. The Hall–Kier alpha value is -1.26. The van der Waals surface area contributed by atoms with Gasteiger partial charge in [0.05, 0.1) is 19.3 Å². The summed E-state index contributed by atoms with van der Waals surface area (Å²) in [5.41, 5.74) is 1.64. The molecule has 15 heavy (non-hydrogen) atoms. The van der Waals surface area contributed by atoms with E-state index >= 15 is 0 Å². The molecule has 4 nitrogen and oxygen atoms in total. The van der Waals surface area contributed by atoms with E-state index in [2.05, 4.69) is 10.3 Å². The van der Waals surface area contributed by atoms with Crippen LogP contribution in [0.2, 0.25) is 0 Å². The number of rotatable bonds is 2. The van der Waals surface area contributed by atoms with Gasteiger partial charge < -0.3 is 10.1 Å². The molecular weight excluding hydrogens is 192 g/mol. The molecule has 0 aliphatic carbocycles. The highest BCUT2D eigenvalue weighted by Gasteiger charge is 2.23. The number of nitrogens with zero attached hydrogens (tertiary/aromatic N) is 1. The summed E-state index contributed by atoms with van der Waals surface area (Å²) in [6.45, 7) is 3.78. The molecule has 1 aromatic heterocycles. The molecule has 0 aromatic carbocycles. The van der Waals surface area contributed by atoms with Crippen LogP contribution in [0, 0.1) is 6.92 Å². The fourth-order valence-corrected chi connectivity index (χ4v) is 1.64. The second-order valence-electron chi connectivity index (χ2n) is 3.64. The smallest absolute Gasteiger partial charge is 0.183 e. The van der Waals surface area contributed by atoms with E-state index in [0.717, 1.165) is 12.1 Å². The third-order valence-corrected chi connectivity index (χ3v) is 2.54. The van der Waals surface area contributed by atoms with Crippen molar-refractivity contribution in [1.29, 1.82) is 0 Å². The second kappa shape index (κ2) is 4.51. The number of hydrogen-bond donors (Lipinski definition) is 1. The molecule has 0 bridgehead atoms. The predicted molar refractivity (Wildman–Crippen MR) is 55.9 cm³/mol. The van der Waals surface area contributed by atoms with Crippen LogP contribution in [0.25, 0.3) is 0 Å². The van der Waals surface area contributed by atoms with Gasteiger partial charge in [0.25, 0.3) is 0 Å². The van der Waals surface area contributed by atoms with E-state index in [-0.39, 0.29) is 11.8 Å². The van der Waals surface area contributed by atoms with Crippen molar-refractivity contribution in [3.8, 4) is 0 Å². The maximum atomic E-state index is 12.0. The standard InChI is InChI=1S/C11H14N2O2/c1-8-2-3-12-6-9(8)11(14)10-7-15-5-4-13-10/h2-3,6,10,13H,4-5,7H2,1H3. The molecule has 4 heteroatoms. The van der Waals surface area contributed by atoms with E-state index in [9.17, 15) is 4.79 Å². The van der Waals surface area contributed by atoms with Crippen LogP contribution in [0.5, 0.6) is 0 Å². The van der Waals surface area contributed by atoms with Crippen molar-refractivity contribution in [2.45, 2.75) is 13.0 Å². The highest BCUT2D eigenvalue weighted by Crippen LogP contribution is 2.09. The van der Waals surface area contributed by atoms with Gasteiger partial charge >= 0.3 is 0 Å². The van der Waals surface area contributed by atoms with Gasteiger partial charge in [0.2, 0.25) is 0 Å². The molecule has 0 saturated carbocycles. The van der Waals surface area contributed by atoms with Crippen molar-refractivity contribution in [3.63, 3.8) is 0 Å². The minimum absolute atomic E-state index is 0.0697. The summed E-state index contributed by atoms with van der Waals surface area (Å²) in [6.07, 6.45) is 3.31. The lowest BCUT2D eigenvalue weighted by atomic mass is 10.0.